The Hall–Kier alpha value is -2.38. The fraction of sp³-hybridized carbons (Fsp3) is 0.348. The minimum absolute atomic E-state index is 0.0396. The summed E-state index contributed by atoms with van der Waals surface area (Å²) in [6, 6.07) is 21.0. The standard InChI is InChI=1S/C23H26N4OS2/c28-21(17-29-23-26-25-22(30-23)27-15-7-8-16-27)24-14-13-20(18-9-3-1-4-10-18)19-11-5-2-6-12-19/h1-6,9-12,20H,7-8,13-17H2,(H,24,28). The second-order valence-electron chi connectivity index (χ2n) is 7.35. The molecule has 7 heteroatoms. The maximum absolute atomic E-state index is 12.3. The SMILES string of the molecule is O=C(CSc1nnc(N2CCCC2)s1)NCCC(c1ccccc1)c1ccccc1. The van der Waals surface area contributed by atoms with Crippen LogP contribution in [0.4, 0.5) is 5.13 Å². The molecule has 4 rings (SSSR count). The van der Waals surface area contributed by atoms with Gasteiger partial charge in [0.15, 0.2) is 4.34 Å². The Morgan fingerprint density at radius 1 is 1.00 bits per heavy atom. The number of hydrogen-bond acceptors (Lipinski definition) is 6. The lowest BCUT2D eigenvalue weighted by Gasteiger charge is -2.18. The molecule has 0 unspecified atom stereocenters. The molecule has 5 nitrogen and oxygen atoms in total. The van der Waals surface area contributed by atoms with E-state index in [-0.39, 0.29) is 11.8 Å². The van der Waals surface area contributed by atoms with Crippen molar-refractivity contribution in [3.05, 3.63) is 71.8 Å². The van der Waals surface area contributed by atoms with Gasteiger partial charge in [-0.15, -0.1) is 10.2 Å². The Morgan fingerprint density at radius 3 is 2.27 bits per heavy atom. The highest BCUT2D eigenvalue weighted by atomic mass is 32.2. The zero-order chi connectivity index (χ0) is 20.6. The highest BCUT2D eigenvalue weighted by molar-refractivity contribution is 8.01. The maximum Gasteiger partial charge on any atom is 0.230 e. The number of carbonyl (C=O) groups is 1. The smallest absolute Gasteiger partial charge is 0.230 e. The summed E-state index contributed by atoms with van der Waals surface area (Å²) in [7, 11) is 0. The van der Waals surface area contributed by atoms with E-state index in [2.05, 4.69) is 68.9 Å². The van der Waals surface area contributed by atoms with E-state index in [4.69, 9.17) is 0 Å². The van der Waals surface area contributed by atoms with Crippen LogP contribution in [0.1, 0.15) is 36.3 Å². The zero-order valence-electron chi connectivity index (χ0n) is 16.9. The van der Waals surface area contributed by atoms with Crippen LogP contribution in [-0.4, -0.2) is 41.5 Å². The van der Waals surface area contributed by atoms with Crippen molar-refractivity contribution in [2.75, 3.05) is 30.3 Å². The zero-order valence-corrected chi connectivity index (χ0v) is 18.5. The minimum atomic E-state index is 0.0396. The number of hydrogen-bond donors (Lipinski definition) is 1. The van der Waals surface area contributed by atoms with Crippen LogP contribution in [0.15, 0.2) is 65.0 Å². The number of amides is 1. The first-order valence-electron chi connectivity index (χ1n) is 10.4. The molecule has 1 N–H and O–H groups in total. The van der Waals surface area contributed by atoms with E-state index in [1.54, 1.807) is 11.3 Å². The third-order valence-electron chi connectivity index (χ3n) is 5.26. The summed E-state index contributed by atoms with van der Waals surface area (Å²) < 4.78 is 0.860. The van der Waals surface area contributed by atoms with Crippen LogP contribution in [-0.2, 0) is 4.79 Å². The molecule has 0 bridgehead atoms. The molecule has 3 aromatic rings. The average molecular weight is 439 g/mol. The van der Waals surface area contributed by atoms with Gasteiger partial charge in [-0.3, -0.25) is 4.79 Å². The molecule has 0 saturated carbocycles. The number of rotatable bonds is 9. The van der Waals surface area contributed by atoms with E-state index >= 15 is 0 Å². The van der Waals surface area contributed by atoms with E-state index < -0.39 is 0 Å². The summed E-state index contributed by atoms with van der Waals surface area (Å²) in [5.41, 5.74) is 2.55. The monoisotopic (exact) mass is 438 g/mol. The second kappa shape index (κ2) is 10.6. The molecular formula is C23H26N4OS2. The molecule has 1 aliphatic rings. The number of aromatic nitrogens is 2. The van der Waals surface area contributed by atoms with Crippen LogP contribution in [0, 0.1) is 0 Å². The molecule has 0 spiro atoms. The number of thioether (sulfide) groups is 1. The number of nitrogens with zero attached hydrogens (tertiary/aromatic N) is 3. The van der Waals surface area contributed by atoms with Gasteiger partial charge >= 0.3 is 0 Å². The molecule has 0 atom stereocenters. The first-order chi connectivity index (χ1) is 14.8. The van der Waals surface area contributed by atoms with E-state index in [0.29, 0.717) is 12.3 Å². The van der Waals surface area contributed by atoms with Crippen LogP contribution in [0.5, 0.6) is 0 Å². The van der Waals surface area contributed by atoms with Crippen molar-refractivity contribution in [2.24, 2.45) is 0 Å². The number of nitrogens with one attached hydrogen (secondary N) is 1. The van der Waals surface area contributed by atoms with Gasteiger partial charge in [-0.25, -0.2) is 0 Å². The lowest BCUT2D eigenvalue weighted by Crippen LogP contribution is -2.27. The number of carbonyl (C=O) groups excluding carboxylic acids is 1. The van der Waals surface area contributed by atoms with E-state index in [0.717, 1.165) is 29.0 Å². The highest BCUT2D eigenvalue weighted by Crippen LogP contribution is 2.30. The molecule has 1 aromatic heterocycles. The molecule has 1 amide bonds. The molecular weight excluding hydrogens is 412 g/mol. The van der Waals surface area contributed by atoms with Crippen LogP contribution >= 0.6 is 23.1 Å². The molecule has 1 aliphatic heterocycles. The first kappa shape index (κ1) is 20.9. The van der Waals surface area contributed by atoms with E-state index in [9.17, 15) is 4.79 Å². The Balaban J connectivity index is 1.26. The number of anilines is 1. The molecule has 0 aliphatic carbocycles. The van der Waals surface area contributed by atoms with Crippen LogP contribution in [0.3, 0.4) is 0 Å². The van der Waals surface area contributed by atoms with Gasteiger partial charge in [-0.05, 0) is 30.4 Å². The minimum Gasteiger partial charge on any atom is -0.355 e. The van der Waals surface area contributed by atoms with Gasteiger partial charge in [-0.2, -0.15) is 0 Å². The molecule has 2 aromatic carbocycles. The summed E-state index contributed by atoms with van der Waals surface area (Å²) >= 11 is 3.05. The van der Waals surface area contributed by atoms with Crippen molar-refractivity contribution < 1.29 is 4.79 Å². The fourth-order valence-electron chi connectivity index (χ4n) is 3.73. The molecule has 156 valence electrons. The second-order valence-corrected chi connectivity index (χ2v) is 9.52. The van der Waals surface area contributed by atoms with Crippen molar-refractivity contribution >= 4 is 34.1 Å². The molecule has 1 fully saturated rings. The first-order valence-corrected chi connectivity index (χ1v) is 12.2. The van der Waals surface area contributed by atoms with Gasteiger partial charge in [0.2, 0.25) is 11.0 Å². The summed E-state index contributed by atoms with van der Waals surface area (Å²) in [5, 5.41) is 12.5. The van der Waals surface area contributed by atoms with Crippen LogP contribution in [0.25, 0.3) is 0 Å². The normalized spacial score (nSPS) is 13.7. The van der Waals surface area contributed by atoms with Crippen molar-refractivity contribution in [3.8, 4) is 0 Å². The Bertz CT molecular complexity index is 887. The largest absolute Gasteiger partial charge is 0.355 e. The third kappa shape index (κ3) is 5.61. The summed E-state index contributed by atoms with van der Waals surface area (Å²) in [6.45, 7) is 2.76. The topological polar surface area (TPSA) is 58.1 Å². The van der Waals surface area contributed by atoms with E-state index in [1.165, 1.54) is 35.7 Å². The Labute approximate surface area is 185 Å². The molecule has 30 heavy (non-hydrogen) atoms. The van der Waals surface area contributed by atoms with Gasteiger partial charge in [0.05, 0.1) is 5.75 Å². The predicted molar refractivity (Wildman–Crippen MR) is 124 cm³/mol. The van der Waals surface area contributed by atoms with Gasteiger partial charge in [-0.1, -0.05) is 83.8 Å². The molecule has 1 saturated heterocycles. The molecule has 2 heterocycles. The summed E-state index contributed by atoms with van der Waals surface area (Å²) in [4.78, 5) is 14.6. The fourth-order valence-corrected chi connectivity index (χ4v) is 5.45. The highest BCUT2D eigenvalue weighted by Gasteiger charge is 2.18. The van der Waals surface area contributed by atoms with Gasteiger partial charge in [0.1, 0.15) is 0 Å². The van der Waals surface area contributed by atoms with Crippen LogP contribution in [0.2, 0.25) is 0 Å². The predicted octanol–water partition coefficient (Wildman–Crippen LogP) is 4.57. The summed E-state index contributed by atoms with van der Waals surface area (Å²) in [6.07, 6.45) is 3.30. The van der Waals surface area contributed by atoms with Crippen molar-refractivity contribution in [2.45, 2.75) is 29.5 Å². The average Bonchev–Trinajstić information content (AvgIpc) is 3.48. The Kier molecular flexibility index (Phi) is 7.37. The van der Waals surface area contributed by atoms with Crippen molar-refractivity contribution in [1.82, 2.24) is 15.5 Å². The summed E-state index contributed by atoms with van der Waals surface area (Å²) in [5.74, 6) is 0.681. The van der Waals surface area contributed by atoms with Crippen LogP contribution < -0.4 is 10.2 Å². The number of benzene rings is 2. The lowest BCUT2D eigenvalue weighted by atomic mass is 9.88. The van der Waals surface area contributed by atoms with Crippen molar-refractivity contribution in [3.63, 3.8) is 0 Å². The van der Waals surface area contributed by atoms with Gasteiger partial charge < -0.3 is 10.2 Å². The molecule has 0 radical (unpaired) electrons. The maximum atomic E-state index is 12.3. The van der Waals surface area contributed by atoms with Gasteiger partial charge in [0, 0.05) is 25.6 Å². The van der Waals surface area contributed by atoms with Crippen molar-refractivity contribution in [1.29, 1.82) is 0 Å². The lowest BCUT2D eigenvalue weighted by molar-refractivity contribution is -0.118. The van der Waals surface area contributed by atoms with Gasteiger partial charge in [0.25, 0.3) is 0 Å². The van der Waals surface area contributed by atoms with E-state index in [1.807, 2.05) is 12.1 Å². The Morgan fingerprint density at radius 2 is 1.63 bits per heavy atom. The third-order valence-corrected chi connectivity index (χ3v) is 7.38. The quantitative estimate of drug-likeness (QED) is 0.496.